The molecule has 2 aliphatic rings. The molecule has 2 amide bonds. The number of ether oxygens (including phenoxy) is 1. The summed E-state index contributed by atoms with van der Waals surface area (Å²) in [4.78, 5) is 34.8. The van der Waals surface area contributed by atoms with E-state index in [9.17, 15) is 18.4 Å². The van der Waals surface area contributed by atoms with Crippen molar-refractivity contribution in [3.8, 4) is 16.9 Å². The van der Waals surface area contributed by atoms with E-state index in [0.29, 0.717) is 50.9 Å². The van der Waals surface area contributed by atoms with Crippen LogP contribution in [0.4, 0.5) is 14.5 Å². The first-order chi connectivity index (χ1) is 17.7. The molecule has 1 aliphatic heterocycles. The average molecular weight is 525 g/mol. The van der Waals surface area contributed by atoms with E-state index in [0.717, 1.165) is 17.7 Å². The molecule has 0 unspecified atom stereocenters. The summed E-state index contributed by atoms with van der Waals surface area (Å²) < 4.78 is 34.3. The van der Waals surface area contributed by atoms with Gasteiger partial charge in [-0.2, -0.15) is 13.9 Å². The van der Waals surface area contributed by atoms with Crippen LogP contribution in [0.5, 0.6) is 5.75 Å². The van der Waals surface area contributed by atoms with Gasteiger partial charge in [-0.1, -0.05) is 17.7 Å². The second-order valence-electron chi connectivity index (χ2n) is 9.11. The van der Waals surface area contributed by atoms with Crippen LogP contribution >= 0.6 is 11.6 Å². The van der Waals surface area contributed by atoms with E-state index in [4.69, 9.17) is 22.1 Å². The summed E-state index contributed by atoms with van der Waals surface area (Å²) >= 11 is 5.87. The molecule has 1 fully saturated rings. The molecule has 12 heteroatoms. The lowest BCUT2D eigenvalue weighted by molar-refractivity contribution is -0.193. The quantitative estimate of drug-likeness (QED) is 0.388. The Bertz CT molecular complexity index is 1570. The highest BCUT2D eigenvalue weighted by Gasteiger charge is 2.50. The Kier molecular flexibility index (Phi) is 5.34. The lowest BCUT2D eigenvalue weighted by atomic mass is 9.93. The van der Waals surface area contributed by atoms with Crippen LogP contribution in [0.1, 0.15) is 34.6 Å². The molecule has 0 saturated heterocycles. The minimum Gasteiger partial charge on any atom is -0.423 e. The van der Waals surface area contributed by atoms with Crippen LogP contribution < -0.4 is 15.4 Å². The molecule has 9 nitrogen and oxygen atoms in total. The molecule has 3 aromatic heterocycles. The summed E-state index contributed by atoms with van der Waals surface area (Å²) in [6.45, 7) is -0.222. The van der Waals surface area contributed by atoms with Crippen LogP contribution in [-0.4, -0.2) is 38.1 Å². The fourth-order valence-electron chi connectivity index (χ4n) is 4.57. The number of nitrogens with two attached hydrogens (primary N) is 1. The Morgan fingerprint density at radius 1 is 1.24 bits per heavy atom. The molecule has 0 radical (unpaired) electrons. The number of H-pyrrole nitrogens is 1. The number of rotatable bonds is 6. The van der Waals surface area contributed by atoms with E-state index in [2.05, 4.69) is 20.2 Å². The number of nitrogens with one attached hydrogen (secondary N) is 1. The number of pyridine rings is 2. The molecule has 3 N–H and O–H groups in total. The highest BCUT2D eigenvalue weighted by molar-refractivity contribution is 6.30. The van der Waals surface area contributed by atoms with Crippen molar-refractivity contribution < 1.29 is 23.1 Å². The molecular weight excluding hydrogens is 506 g/mol. The van der Waals surface area contributed by atoms with Gasteiger partial charge in [-0.05, 0) is 55.0 Å². The van der Waals surface area contributed by atoms with Gasteiger partial charge in [-0.3, -0.25) is 24.6 Å². The molecule has 4 aromatic rings. The van der Waals surface area contributed by atoms with Crippen molar-refractivity contribution in [3.63, 3.8) is 0 Å². The molecule has 1 aromatic carbocycles. The lowest BCUT2D eigenvalue weighted by Crippen LogP contribution is -2.50. The summed E-state index contributed by atoms with van der Waals surface area (Å²) in [7, 11) is 0. The van der Waals surface area contributed by atoms with E-state index in [1.807, 2.05) is 0 Å². The van der Waals surface area contributed by atoms with Crippen LogP contribution in [0.25, 0.3) is 22.2 Å². The molecule has 0 atom stereocenters. The van der Waals surface area contributed by atoms with Gasteiger partial charge in [0.25, 0.3) is 5.91 Å². The predicted molar refractivity (Wildman–Crippen MR) is 130 cm³/mol. The van der Waals surface area contributed by atoms with Gasteiger partial charge in [0.2, 0.25) is 0 Å². The number of hydrogen-bond donors (Lipinski definition) is 2. The number of benzene rings is 1. The summed E-state index contributed by atoms with van der Waals surface area (Å²) in [6.07, 6.45) is 1.39. The van der Waals surface area contributed by atoms with E-state index >= 15 is 0 Å². The molecule has 37 heavy (non-hydrogen) atoms. The molecule has 1 aliphatic carbocycles. The summed E-state index contributed by atoms with van der Waals surface area (Å²) in [5, 5.41) is 7.75. The number of aromatic nitrogens is 4. The molecule has 6 rings (SSSR count). The van der Waals surface area contributed by atoms with Crippen molar-refractivity contribution in [2.75, 3.05) is 4.90 Å². The maximum Gasteiger partial charge on any atom is 0.482 e. The Balaban J connectivity index is 1.49. The number of primary amides is 1. The van der Waals surface area contributed by atoms with Gasteiger partial charge in [0, 0.05) is 17.1 Å². The highest BCUT2D eigenvalue weighted by atomic mass is 35.5. The fourth-order valence-corrected chi connectivity index (χ4v) is 4.68. The molecule has 188 valence electrons. The standard InChI is InChI=1S/C25H19ClF2N6O3/c26-14-4-5-15(30-9-14)11-34-18-6-3-13(8-19(18)37-25(27,28)24(34)36)20-16-10-31-33-23(16)32-17(7-12-1-2-12)21(20)22(29)35/h3-6,8-10,12H,1-2,7,11H2,(H2,29,35)(H,31,32,33). The topological polar surface area (TPSA) is 127 Å². The number of anilines is 1. The minimum atomic E-state index is -4.11. The van der Waals surface area contributed by atoms with E-state index < -0.39 is 17.9 Å². The normalized spacial score (nSPS) is 16.5. The van der Waals surface area contributed by atoms with Crippen LogP contribution in [0, 0.1) is 5.92 Å². The number of carbonyl (C=O) groups excluding carboxylic acids is 2. The van der Waals surface area contributed by atoms with E-state index in [-0.39, 0.29) is 23.5 Å². The van der Waals surface area contributed by atoms with E-state index in [1.54, 1.807) is 18.2 Å². The Morgan fingerprint density at radius 3 is 2.76 bits per heavy atom. The van der Waals surface area contributed by atoms with Crippen LogP contribution in [-0.2, 0) is 17.8 Å². The number of aromatic amines is 1. The second kappa shape index (κ2) is 8.48. The largest absolute Gasteiger partial charge is 0.482 e. The number of fused-ring (bicyclic) bond motifs is 2. The smallest absolute Gasteiger partial charge is 0.423 e. The first-order valence-electron chi connectivity index (χ1n) is 11.5. The Hall–Kier alpha value is -4.12. The van der Waals surface area contributed by atoms with Gasteiger partial charge in [0.15, 0.2) is 11.4 Å². The van der Waals surface area contributed by atoms with Crippen LogP contribution in [0.3, 0.4) is 0 Å². The average Bonchev–Trinajstić information content (AvgIpc) is 3.55. The van der Waals surface area contributed by atoms with Gasteiger partial charge < -0.3 is 10.5 Å². The molecule has 0 bridgehead atoms. The number of halogens is 3. The van der Waals surface area contributed by atoms with Crippen molar-refractivity contribution in [3.05, 3.63) is 64.7 Å². The summed E-state index contributed by atoms with van der Waals surface area (Å²) in [5.74, 6) is -2.03. The zero-order chi connectivity index (χ0) is 25.9. The third-order valence-corrected chi connectivity index (χ3v) is 6.70. The van der Waals surface area contributed by atoms with Crippen molar-refractivity contribution >= 4 is 40.1 Å². The molecule has 0 spiro atoms. The van der Waals surface area contributed by atoms with Crippen molar-refractivity contribution in [1.29, 1.82) is 0 Å². The van der Waals surface area contributed by atoms with Gasteiger partial charge >= 0.3 is 12.0 Å². The van der Waals surface area contributed by atoms with Crippen LogP contribution in [0.2, 0.25) is 5.02 Å². The maximum absolute atomic E-state index is 14.7. The lowest BCUT2D eigenvalue weighted by Gasteiger charge is -2.33. The van der Waals surface area contributed by atoms with Crippen molar-refractivity contribution in [1.82, 2.24) is 20.2 Å². The first kappa shape index (κ1) is 23.3. The zero-order valence-electron chi connectivity index (χ0n) is 19.2. The molecule has 4 heterocycles. The number of hydrogen-bond acceptors (Lipinski definition) is 6. The Morgan fingerprint density at radius 2 is 2.05 bits per heavy atom. The molecule has 1 saturated carbocycles. The molecular formula is C25H19ClF2N6O3. The fraction of sp³-hybridized carbons (Fsp3) is 0.240. The number of carbonyl (C=O) groups is 2. The van der Waals surface area contributed by atoms with Gasteiger partial charge in [-0.15, -0.1) is 0 Å². The van der Waals surface area contributed by atoms with Gasteiger partial charge in [0.05, 0.1) is 40.4 Å². The first-order valence-corrected chi connectivity index (χ1v) is 11.9. The van der Waals surface area contributed by atoms with Crippen molar-refractivity contribution in [2.45, 2.75) is 31.9 Å². The second-order valence-corrected chi connectivity index (χ2v) is 9.55. The number of nitrogens with zero attached hydrogens (tertiary/aromatic N) is 4. The third kappa shape index (κ3) is 4.14. The van der Waals surface area contributed by atoms with Gasteiger partial charge in [-0.25, -0.2) is 4.98 Å². The summed E-state index contributed by atoms with van der Waals surface area (Å²) in [5.41, 5.74) is 8.29. The van der Waals surface area contributed by atoms with Crippen LogP contribution in [0.15, 0.2) is 42.7 Å². The minimum absolute atomic E-state index is 0.132. The summed E-state index contributed by atoms with van der Waals surface area (Å²) in [6, 6.07) is 7.58. The van der Waals surface area contributed by atoms with Crippen molar-refractivity contribution in [2.24, 2.45) is 11.7 Å². The Labute approximate surface area is 213 Å². The third-order valence-electron chi connectivity index (χ3n) is 6.48. The highest BCUT2D eigenvalue weighted by Crippen LogP contribution is 2.44. The number of amides is 2. The monoisotopic (exact) mass is 524 g/mol. The predicted octanol–water partition coefficient (Wildman–Crippen LogP) is 4.24. The zero-order valence-corrected chi connectivity index (χ0v) is 19.9. The SMILES string of the molecule is NC(=O)c1c(CC2CC2)nc2[nH]ncc2c1-c1ccc2c(c1)OC(F)(F)C(=O)N2Cc1ccc(Cl)cn1. The maximum atomic E-state index is 14.7. The van der Waals surface area contributed by atoms with Gasteiger partial charge in [0.1, 0.15) is 0 Å². The number of alkyl halides is 2. The van der Waals surface area contributed by atoms with E-state index in [1.165, 1.54) is 24.5 Å².